The number of carbonyl (C=O) groups excluding carboxylic acids is 2. The number of ether oxygens (including phenoxy) is 1. The number of ketones is 2. The minimum Gasteiger partial charge on any atom is -0.383 e. The van der Waals surface area contributed by atoms with Gasteiger partial charge in [-0.2, -0.15) is 8.42 Å². The van der Waals surface area contributed by atoms with Crippen LogP contribution >= 0.6 is 0 Å². The molecule has 0 bridgehead atoms. The smallest absolute Gasteiger partial charge is 0.339 e. The van der Waals surface area contributed by atoms with E-state index in [-0.39, 0.29) is 33.0 Å². The van der Waals surface area contributed by atoms with Gasteiger partial charge in [0.25, 0.3) is 0 Å². The molecule has 0 radical (unpaired) electrons. The summed E-state index contributed by atoms with van der Waals surface area (Å²) in [4.78, 5) is 30.1. The fourth-order valence-corrected chi connectivity index (χ4v) is 7.33. The Morgan fingerprint density at radius 3 is 1.88 bits per heavy atom. The molecule has 2 aromatic carbocycles. The van der Waals surface area contributed by atoms with Crippen LogP contribution in [0.15, 0.2) is 82.0 Å². The van der Waals surface area contributed by atoms with Crippen molar-refractivity contribution in [1.29, 1.82) is 0 Å². The minimum atomic E-state index is -4.15. The zero-order chi connectivity index (χ0) is 28.9. The molecular weight excluding hydrogens is 526 g/mol. The fourth-order valence-electron chi connectivity index (χ4n) is 6.36. The molecule has 3 aliphatic rings. The normalized spacial score (nSPS) is 20.9. The Hall–Kier alpha value is -3.23. The standard InChI is InChI=1S/C32H37NO6S/c1-31(2)17-23-29(25(34)19-31)28(30-24(33(23)15-16-38-5)18-32(3,4)20-26(30)35)22-13-9-10-14-27(22)39-40(36,37)21-11-7-6-8-12-21/h6-14,28H,15-20H2,1-5H3. The third-order valence-corrected chi connectivity index (χ3v) is 9.25. The summed E-state index contributed by atoms with van der Waals surface area (Å²) in [6.45, 7) is 9.30. The number of benzene rings is 2. The van der Waals surface area contributed by atoms with Gasteiger partial charge in [-0.15, -0.1) is 0 Å². The maximum absolute atomic E-state index is 14.0. The molecule has 1 heterocycles. The van der Waals surface area contributed by atoms with Gasteiger partial charge in [0.05, 0.1) is 6.61 Å². The third kappa shape index (κ3) is 5.27. The van der Waals surface area contributed by atoms with Gasteiger partial charge < -0.3 is 13.8 Å². The summed E-state index contributed by atoms with van der Waals surface area (Å²) in [6, 6.07) is 14.8. The summed E-state index contributed by atoms with van der Waals surface area (Å²) in [7, 11) is -2.51. The Bertz CT molecular complexity index is 1460. The largest absolute Gasteiger partial charge is 0.383 e. The van der Waals surface area contributed by atoms with Crippen LogP contribution in [0.3, 0.4) is 0 Å². The van der Waals surface area contributed by atoms with Crippen LogP contribution < -0.4 is 4.18 Å². The molecule has 2 aromatic rings. The first-order chi connectivity index (χ1) is 18.8. The van der Waals surface area contributed by atoms with E-state index in [9.17, 15) is 18.0 Å². The fraction of sp³-hybridized carbons (Fsp3) is 0.438. The molecule has 0 atom stereocenters. The van der Waals surface area contributed by atoms with Crippen LogP contribution in [0, 0.1) is 10.8 Å². The summed E-state index contributed by atoms with van der Waals surface area (Å²) in [5.41, 5.74) is 2.91. The van der Waals surface area contributed by atoms with Gasteiger partial charge in [0.15, 0.2) is 11.6 Å². The Kier molecular flexibility index (Phi) is 7.29. The van der Waals surface area contributed by atoms with E-state index < -0.39 is 16.0 Å². The van der Waals surface area contributed by atoms with Gasteiger partial charge in [-0.05, 0) is 41.9 Å². The summed E-state index contributed by atoms with van der Waals surface area (Å²) >= 11 is 0. The zero-order valence-electron chi connectivity index (χ0n) is 23.8. The topological polar surface area (TPSA) is 90.0 Å². The first-order valence-electron chi connectivity index (χ1n) is 13.7. The van der Waals surface area contributed by atoms with Gasteiger partial charge >= 0.3 is 10.1 Å². The quantitative estimate of drug-likeness (QED) is 0.394. The molecule has 0 amide bonds. The zero-order valence-corrected chi connectivity index (χ0v) is 24.6. The van der Waals surface area contributed by atoms with Crippen LogP contribution in [0.1, 0.15) is 64.9 Å². The van der Waals surface area contributed by atoms with Crippen molar-refractivity contribution in [2.75, 3.05) is 20.3 Å². The first kappa shape index (κ1) is 28.3. The van der Waals surface area contributed by atoms with Crippen LogP contribution in [0.2, 0.25) is 0 Å². The second-order valence-electron chi connectivity index (χ2n) is 12.6. The monoisotopic (exact) mass is 563 g/mol. The molecule has 8 heteroatoms. The number of para-hydroxylation sites is 1. The molecule has 0 saturated heterocycles. The Balaban J connectivity index is 1.73. The molecule has 5 rings (SSSR count). The van der Waals surface area contributed by atoms with E-state index in [0.717, 1.165) is 11.4 Å². The number of hydrogen-bond acceptors (Lipinski definition) is 7. The van der Waals surface area contributed by atoms with Gasteiger partial charge in [0.1, 0.15) is 10.6 Å². The molecule has 2 aliphatic carbocycles. The van der Waals surface area contributed by atoms with Crippen molar-refractivity contribution in [3.05, 3.63) is 82.7 Å². The SMILES string of the molecule is COCCN1C2=C(C(=O)CC(C)(C)C2)C(c2ccccc2OS(=O)(=O)c2ccccc2)C2=C1CC(C)(C)CC2=O. The second kappa shape index (κ2) is 10.3. The van der Waals surface area contributed by atoms with Crippen molar-refractivity contribution >= 4 is 21.7 Å². The highest BCUT2D eigenvalue weighted by Crippen LogP contribution is 2.55. The van der Waals surface area contributed by atoms with Crippen molar-refractivity contribution in [2.24, 2.45) is 10.8 Å². The average Bonchev–Trinajstić information content (AvgIpc) is 2.86. The van der Waals surface area contributed by atoms with E-state index in [1.807, 2.05) is 0 Å². The van der Waals surface area contributed by atoms with Crippen LogP contribution in [0.4, 0.5) is 0 Å². The van der Waals surface area contributed by atoms with Gasteiger partial charge in [-0.25, -0.2) is 0 Å². The lowest BCUT2D eigenvalue weighted by Gasteiger charge is -2.49. The van der Waals surface area contributed by atoms with E-state index in [0.29, 0.717) is 55.5 Å². The molecule has 1 aliphatic heterocycles. The molecule has 212 valence electrons. The molecule has 0 spiro atoms. The van der Waals surface area contributed by atoms with Crippen LogP contribution in [0.5, 0.6) is 5.75 Å². The van der Waals surface area contributed by atoms with Crippen molar-refractivity contribution in [2.45, 2.75) is 64.2 Å². The molecule has 0 fully saturated rings. The molecule has 0 unspecified atom stereocenters. The van der Waals surface area contributed by atoms with Gasteiger partial charge in [-0.1, -0.05) is 64.1 Å². The lowest BCUT2D eigenvalue weighted by atomic mass is 9.63. The first-order valence-corrected chi connectivity index (χ1v) is 15.1. The van der Waals surface area contributed by atoms with E-state index in [4.69, 9.17) is 8.92 Å². The molecular formula is C32H37NO6S. The number of hydrogen-bond donors (Lipinski definition) is 0. The molecule has 7 nitrogen and oxygen atoms in total. The minimum absolute atomic E-state index is 0.0245. The van der Waals surface area contributed by atoms with Crippen LogP contribution in [-0.4, -0.2) is 45.1 Å². The maximum Gasteiger partial charge on any atom is 0.339 e. The highest BCUT2D eigenvalue weighted by Gasteiger charge is 2.49. The number of nitrogens with zero attached hydrogens (tertiary/aromatic N) is 1. The molecule has 0 N–H and O–H groups in total. The summed E-state index contributed by atoms with van der Waals surface area (Å²) in [5, 5.41) is 0. The van der Waals surface area contributed by atoms with Crippen molar-refractivity contribution in [3.63, 3.8) is 0 Å². The molecule has 0 aromatic heterocycles. The predicted molar refractivity (Wildman–Crippen MR) is 152 cm³/mol. The van der Waals surface area contributed by atoms with Crippen molar-refractivity contribution < 1.29 is 26.9 Å². The Morgan fingerprint density at radius 2 is 1.32 bits per heavy atom. The lowest BCUT2D eigenvalue weighted by molar-refractivity contribution is -0.119. The summed E-state index contributed by atoms with van der Waals surface area (Å²) in [5.74, 6) is -0.638. The second-order valence-corrected chi connectivity index (χ2v) is 14.1. The summed E-state index contributed by atoms with van der Waals surface area (Å²) in [6.07, 6.45) is 2.00. The van der Waals surface area contributed by atoms with Crippen molar-refractivity contribution in [3.8, 4) is 5.75 Å². The number of carbonyl (C=O) groups is 2. The van der Waals surface area contributed by atoms with Gasteiger partial charge in [0, 0.05) is 60.5 Å². The number of allylic oxidation sites excluding steroid dienone is 4. The van der Waals surface area contributed by atoms with E-state index in [1.165, 1.54) is 12.1 Å². The molecule has 0 saturated carbocycles. The van der Waals surface area contributed by atoms with E-state index in [1.54, 1.807) is 49.6 Å². The maximum atomic E-state index is 14.0. The van der Waals surface area contributed by atoms with Crippen LogP contribution in [-0.2, 0) is 24.4 Å². The number of Topliss-reactive ketones (excluding diaryl/α,β-unsaturated/α-hetero) is 2. The third-order valence-electron chi connectivity index (χ3n) is 8.00. The highest BCUT2D eigenvalue weighted by molar-refractivity contribution is 7.87. The predicted octanol–water partition coefficient (Wildman–Crippen LogP) is 5.79. The van der Waals surface area contributed by atoms with Crippen LogP contribution in [0.25, 0.3) is 0 Å². The highest BCUT2D eigenvalue weighted by atomic mass is 32.2. The summed E-state index contributed by atoms with van der Waals surface area (Å²) < 4.78 is 37.7. The number of rotatable bonds is 7. The van der Waals surface area contributed by atoms with E-state index >= 15 is 0 Å². The van der Waals surface area contributed by atoms with Crippen molar-refractivity contribution in [1.82, 2.24) is 4.90 Å². The number of methoxy groups -OCH3 is 1. The van der Waals surface area contributed by atoms with E-state index in [2.05, 4.69) is 32.6 Å². The average molecular weight is 564 g/mol. The lowest BCUT2D eigenvalue weighted by Crippen LogP contribution is -2.45. The van der Waals surface area contributed by atoms with Gasteiger partial charge in [-0.3, -0.25) is 9.59 Å². The Morgan fingerprint density at radius 1 is 0.800 bits per heavy atom. The Labute approximate surface area is 237 Å². The molecule has 40 heavy (non-hydrogen) atoms. The van der Waals surface area contributed by atoms with Gasteiger partial charge in [0.2, 0.25) is 0 Å².